The zero-order valence-corrected chi connectivity index (χ0v) is 19.0. The first-order valence-corrected chi connectivity index (χ1v) is 10.9. The van der Waals surface area contributed by atoms with Crippen molar-refractivity contribution in [1.82, 2.24) is 44.5 Å². The molecule has 6 heterocycles. The van der Waals surface area contributed by atoms with Gasteiger partial charge < -0.3 is 14.3 Å². The molecule has 1 aliphatic heterocycles. The summed E-state index contributed by atoms with van der Waals surface area (Å²) in [6.07, 6.45) is 0.366. The maximum atomic E-state index is 13.6. The van der Waals surface area contributed by atoms with Gasteiger partial charge in [0.1, 0.15) is 6.04 Å². The molecule has 0 spiro atoms. The second-order valence-corrected chi connectivity index (χ2v) is 8.42. The lowest BCUT2D eigenvalue weighted by molar-refractivity contribution is -0.136. The minimum absolute atomic E-state index is 0.123. The molecule has 11 nitrogen and oxygen atoms in total. The molecule has 0 radical (unpaired) electrons. The van der Waals surface area contributed by atoms with Crippen molar-refractivity contribution in [2.75, 3.05) is 6.54 Å². The third kappa shape index (κ3) is 3.36. The van der Waals surface area contributed by atoms with Gasteiger partial charge in [-0.2, -0.15) is 23.4 Å². The Kier molecular flexibility index (Phi) is 4.74. The molecule has 0 saturated heterocycles. The average Bonchev–Trinajstić information content (AvgIpc) is 3.64. The second kappa shape index (κ2) is 7.76. The van der Waals surface area contributed by atoms with Gasteiger partial charge in [-0.3, -0.25) is 9.48 Å². The smallest absolute Gasteiger partial charge is 0.412 e. The number of imidazole rings is 1. The third-order valence-corrected chi connectivity index (χ3v) is 6.37. The van der Waals surface area contributed by atoms with Gasteiger partial charge in [0.05, 0.1) is 40.6 Å². The number of carbonyl (C=O) groups excluding carboxylic acids is 1. The predicted octanol–water partition coefficient (Wildman–Crippen LogP) is 2.96. The van der Waals surface area contributed by atoms with Crippen molar-refractivity contribution in [3.63, 3.8) is 0 Å². The van der Waals surface area contributed by atoms with Gasteiger partial charge in [-0.25, -0.2) is 9.50 Å². The topological polar surface area (TPSA) is 123 Å². The molecule has 0 fully saturated rings. The highest BCUT2D eigenvalue weighted by Crippen LogP contribution is 2.37. The second-order valence-electron chi connectivity index (χ2n) is 8.42. The number of nitrogens with zero attached hydrogens (tertiary/aromatic N) is 8. The molecule has 1 amide bonds. The Morgan fingerprint density at radius 3 is 2.86 bits per heavy atom. The first-order chi connectivity index (χ1) is 17.2. The fourth-order valence-corrected chi connectivity index (χ4v) is 4.45. The monoisotopic (exact) mass is 497 g/mol. The molecular formula is C22H18F3N9O2. The number of H-pyrrole nitrogens is 1. The highest BCUT2D eigenvalue weighted by Gasteiger charge is 2.39. The van der Waals surface area contributed by atoms with Crippen LogP contribution in [0.1, 0.15) is 45.1 Å². The Morgan fingerprint density at radius 1 is 1.28 bits per heavy atom. The number of alkyl halides is 3. The van der Waals surface area contributed by atoms with E-state index in [9.17, 15) is 18.0 Å². The van der Waals surface area contributed by atoms with Crippen molar-refractivity contribution in [2.24, 2.45) is 7.05 Å². The molecule has 1 N–H and O–H groups in total. The van der Waals surface area contributed by atoms with Gasteiger partial charge in [0.15, 0.2) is 0 Å². The molecular weight excluding hydrogens is 479 g/mol. The fourth-order valence-electron chi connectivity index (χ4n) is 4.45. The molecule has 36 heavy (non-hydrogen) atoms. The van der Waals surface area contributed by atoms with Crippen LogP contribution in [0.3, 0.4) is 0 Å². The Balaban J connectivity index is 1.42. The number of aromatic amines is 1. The van der Waals surface area contributed by atoms with Gasteiger partial charge in [0.25, 0.3) is 5.89 Å². The van der Waals surface area contributed by atoms with Crippen molar-refractivity contribution in [2.45, 2.75) is 25.6 Å². The SMILES string of the molecule is Cc1c(-c2nnc(C(=O)N3CCc4[nH]cnc4[C@H]3c3cc4c(C(F)(F)F)cccn4n3)o2)cnn1C. The van der Waals surface area contributed by atoms with Gasteiger partial charge in [0, 0.05) is 37.6 Å². The number of carbonyl (C=O) groups is 1. The third-order valence-electron chi connectivity index (χ3n) is 6.37. The van der Waals surface area contributed by atoms with E-state index in [2.05, 4.69) is 30.4 Å². The molecule has 14 heteroatoms. The van der Waals surface area contributed by atoms with Crippen LogP contribution in [0, 0.1) is 6.92 Å². The predicted molar refractivity (Wildman–Crippen MR) is 117 cm³/mol. The number of aromatic nitrogens is 8. The maximum absolute atomic E-state index is 13.6. The number of halogens is 3. The number of pyridine rings is 1. The van der Waals surface area contributed by atoms with Crippen molar-refractivity contribution < 1.29 is 22.4 Å². The van der Waals surface area contributed by atoms with E-state index >= 15 is 0 Å². The van der Waals surface area contributed by atoms with E-state index in [-0.39, 0.29) is 29.5 Å². The minimum atomic E-state index is -4.57. The number of hydrogen-bond acceptors (Lipinski definition) is 7. The summed E-state index contributed by atoms with van der Waals surface area (Å²) in [5.74, 6) is -0.695. The summed E-state index contributed by atoms with van der Waals surface area (Å²) in [5.41, 5.74) is 1.92. The van der Waals surface area contributed by atoms with Crippen LogP contribution in [0.15, 0.2) is 41.3 Å². The molecule has 0 unspecified atom stereocenters. The van der Waals surface area contributed by atoms with E-state index in [0.29, 0.717) is 17.7 Å². The molecule has 1 atom stereocenters. The number of amides is 1. The molecule has 0 bridgehead atoms. The first-order valence-electron chi connectivity index (χ1n) is 10.9. The largest absolute Gasteiger partial charge is 0.418 e. The molecule has 0 aromatic carbocycles. The molecule has 0 saturated carbocycles. The van der Waals surface area contributed by atoms with Gasteiger partial charge in [0.2, 0.25) is 0 Å². The zero-order chi connectivity index (χ0) is 25.2. The Labute approximate surface area is 200 Å². The highest BCUT2D eigenvalue weighted by molar-refractivity contribution is 5.90. The Hall–Kier alpha value is -4.49. The number of aryl methyl sites for hydroxylation is 1. The van der Waals surface area contributed by atoms with Crippen molar-refractivity contribution in [3.8, 4) is 11.5 Å². The van der Waals surface area contributed by atoms with Crippen LogP contribution < -0.4 is 0 Å². The summed E-state index contributed by atoms with van der Waals surface area (Å²) in [6, 6.07) is 2.74. The van der Waals surface area contributed by atoms with Crippen LogP contribution in [-0.4, -0.2) is 56.9 Å². The number of fused-ring (bicyclic) bond motifs is 2. The Bertz CT molecular complexity index is 1610. The molecule has 5 aromatic rings. The van der Waals surface area contributed by atoms with E-state index in [1.807, 2.05) is 6.92 Å². The number of rotatable bonds is 3. The quantitative estimate of drug-likeness (QED) is 0.407. The van der Waals surface area contributed by atoms with Crippen LogP contribution in [0.2, 0.25) is 0 Å². The lowest BCUT2D eigenvalue weighted by Crippen LogP contribution is -2.41. The maximum Gasteiger partial charge on any atom is 0.418 e. The molecule has 1 aliphatic rings. The van der Waals surface area contributed by atoms with Crippen LogP contribution in [0.5, 0.6) is 0 Å². The van der Waals surface area contributed by atoms with Crippen molar-refractivity contribution >= 4 is 11.4 Å². The number of nitrogens with one attached hydrogen (secondary N) is 1. The molecule has 0 aliphatic carbocycles. The summed E-state index contributed by atoms with van der Waals surface area (Å²) >= 11 is 0. The average molecular weight is 497 g/mol. The standard InChI is InChI=1S/C22H18F3N9O2/c1-11-12(9-28-32(11)2)19-29-30-20(36-19)21(35)33-7-5-14-17(27-10-26-14)18(33)15-8-16-13(22(23,24)25)4-3-6-34(16)31-15/h3-4,6,8-10,18H,5,7H2,1-2H3,(H,26,27)/t18-/m1/s1. The molecule has 6 rings (SSSR count). The highest BCUT2D eigenvalue weighted by atomic mass is 19.4. The van der Waals surface area contributed by atoms with Crippen LogP contribution >= 0.6 is 0 Å². The van der Waals surface area contributed by atoms with E-state index in [1.165, 1.54) is 29.6 Å². The zero-order valence-electron chi connectivity index (χ0n) is 19.0. The normalized spacial score (nSPS) is 16.0. The van der Waals surface area contributed by atoms with E-state index < -0.39 is 23.7 Å². The Morgan fingerprint density at radius 2 is 2.11 bits per heavy atom. The van der Waals surface area contributed by atoms with Crippen LogP contribution in [0.25, 0.3) is 17.0 Å². The summed E-state index contributed by atoms with van der Waals surface area (Å²) in [6.45, 7) is 2.06. The van der Waals surface area contributed by atoms with Crippen LogP contribution in [-0.2, 0) is 19.6 Å². The lowest BCUT2D eigenvalue weighted by Gasteiger charge is -2.32. The number of hydrogen-bond donors (Lipinski definition) is 1. The van der Waals surface area contributed by atoms with Crippen LogP contribution in [0.4, 0.5) is 13.2 Å². The summed E-state index contributed by atoms with van der Waals surface area (Å²) in [4.78, 5) is 22.4. The van der Waals surface area contributed by atoms with Gasteiger partial charge in [-0.05, 0) is 25.1 Å². The van der Waals surface area contributed by atoms with Gasteiger partial charge in [-0.15, -0.1) is 10.2 Å². The van der Waals surface area contributed by atoms with Crippen molar-refractivity contribution in [3.05, 3.63) is 71.1 Å². The summed E-state index contributed by atoms with van der Waals surface area (Å²) in [5, 5.41) is 16.4. The van der Waals surface area contributed by atoms with E-state index in [1.54, 1.807) is 17.9 Å². The fraction of sp³-hybridized carbons (Fsp3) is 0.273. The first kappa shape index (κ1) is 22.0. The van der Waals surface area contributed by atoms with Gasteiger partial charge in [-0.1, -0.05) is 0 Å². The lowest BCUT2D eigenvalue weighted by atomic mass is 9.99. The minimum Gasteiger partial charge on any atom is -0.412 e. The summed E-state index contributed by atoms with van der Waals surface area (Å²) in [7, 11) is 1.76. The molecule has 184 valence electrons. The summed E-state index contributed by atoms with van der Waals surface area (Å²) < 4.78 is 49.3. The molecule has 5 aromatic heterocycles. The van der Waals surface area contributed by atoms with Gasteiger partial charge >= 0.3 is 18.0 Å². The van der Waals surface area contributed by atoms with Crippen molar-refractivity contribution in [1.29, 1.82) is 0 Å². The van der Waals surface area contributed by atoms with E-state index in [0.717, 1.165) is 22.0 Å². The van der Waals surface area contributed by atoms with E-state index in [4.69, 9.17) is 4.42 Å².